The van der Waals surface area contributed by atoms with Gasteiger partial charge in [0.05, 0.1) is 17.6 Å². The Bertz CT molecular complexity index is 565. The number of hydrogen-bond donors (Lipinski definition) is 2. The number of hydrogen-bond acceptors (Lipinski definition) is 4. The zero-order valence-corrected chi connectivity index (χ0v) is 12.6. The van der Waals surface area contributed by atoms with E-state index in [1.54, 1.807) is 12.1 Å². The van der Waals surface area contributed by atoms with Crippen LogP contribution in [0.5, 0.6) is 0 Å². The van der Waals surface area contributed by atoms with Crippen LogP contribution in [0.1, 0.15) is 30.9 Å². The van der Waals surface area contributed by atoms with Gasteiger partial charge in [0.1, 0.15) is 0 Å². The molecule has 5 nitrogen and oxygen atoms in total. The van der Waals surface area contributed by atoms with Crippen LogP contribution >= 0.6 is 0 Å². The lowest BCUT2D eigenvalue weighted by Gasteiger charge is -2.35. The average Bonchev–Trinajstić information content (AvgIpc) is 2.36. The fraction of sp³-hybridized carbons (Fsp3) is 0.571. The summed E-state index contributed by atoms with van der Waals surface area (Å²) >= 11 is 0. The lowest BCUT2D eigenvalue weighted by Crippen LogP contribution is -2.47. The highest BCUT2D eigenvalue weighted by Crippen LogP contribution is 2.25. The normalized spacial score (nSPS) is 22.6. The smallest absolute Gasteiger partial charge is 0.240 e. The number of aliphatic hydroxyl groups excluding tert-OH is 1. The summed E-state index contributed by atoms with van der Waals surface area (Å²) in [7, 11) is -3.52. The van der Waals surface area contributed by atoms with Crippen molar-refractivity contribution in [2.45, 2.75) is 50.3 Å². The highest BCUT2D eigenvalue weighted by atomic mass is 32.2. The molecule has 1 aromatic carbocycles. The molecule has 0 aromatic heterocycles. The highest BCUT2D eigenvalue weighted by Gasteiger charge is 2.33. The van der Waals surface area contributed by atoms with Crippen LogP contribution in [0.25, 0.3) is 0 Å². The Kier molecular flexibility index (Phi) is 4.80. The van der Waals surface area contributed by atoms with E-state index in [1.807, 2.05) is 13.8 Å². The van der Waals surface area contributed by atoms with E-state index in [9.17, 15) is 13.5 Å². The number of aliphatic hydroxyl groups is 1. The topological polar surface area (TPSA) is 75.6 Å². The zero-order chi connectivity index (χ0) is 14.8. The van der Waals surface area contributed by atoms with Crippen molar-refractivity contribution in [2.75, 3.05) is 6.61 Å². The predicted molar refractivity (Wildman–Crippen MR) is 75.9 cm³/mol. The number of benzene rings is 1. The molecule has 1 aromatic rings. The second-order valence-electron chi connectivity index (χ2n) is 5.11. The molecule has 0 radical (unpaired) electrons. The van der Waals surface area contributed by atoms with Gasteiger partial charge >= 0.3 is 0 Å². The summed E-state index contributed by atoms with van der Waals surface area (Å²) in [6.45, 7) is 4.27. The number of ether oxygens (including phenoxy) is 1. The molecular formula is C14H21NO4S. The van der Waals surface area contributed by atoms with Gasteiger partial charge in [-0.3, -0.25) is 0 Å². The molecule has 0 amide bonds. The van der Waals surface area contributed by atoms with E-state index in [0.29, 0.717) is 25.0 Å². The van der Waals surface area contributed by atoms with Crippen molar-refractivity contribution in [1.82, 2.24) is 4.72 Å². The van der Waals surface area contributed by atoms with E-state index >= 15 is 0 Å². The summed E-state index contributed by atoms with van der Waals surface area (Å²) in [6.07, 6.45) is 1.59. The third-order valence-electron chi connectivity index (χ3n) is 3.62. The molecule has 0 bridgehead atoms. The van der Waals surface area contributed by atoms with Crippen LogP contribution < -0.4 is 4.72 Å². The van der Waals surface area contributed by atoms with Crippen LogP contribution in [0.15, 0.2) is 23.1 Å². The molecule has 6 heteroatoms. The van der Waals surface area contributed by atoms with Crippen molar-refractivity contribution in [3.63, 3.8) is 0 Å². The van der Waals surface area contributed by atoms with Crippen LogP contribution in [0.2, 0.25) is 0 Å². The predicted octanol–water partition coefficient (Wildman–Crippen LogP) is 1.33. The summed E-state index contributed by atoms with van der Waals surface area (Å²) in [5.41, 5.74) is 1.51. The summed E-state index contributed by atoms with van der Waals surface area (Å²) in [6, 6.07) is 4.74. The van der Waals surface area contributed by atoms with Crippen molar-refractivity contribution in [1.29, 1.82) is 0 Å². The van der Waals surface area contributed by atoms with E-state index in [4.69, 9.17) is 4.74 Å². The standard InChI is InChI=1S/C14H21NO4S/c1-3-19-13-7-12(8-13)15-20(17,18)14-5-4-10(2)11(6-14)9-16/h4-6,12-13,15-16H,3,7-9H2,1-2H3. The minimum atomic E-state index is -3.52. The molecule has 0 aliphatic heterocycles. The summed E-state index contributed by atoms with van der Waals surface area (Å²) < 4.78 is 32.6. The molecule has 2 N–H and O–H groups in total. The fourth-order valence-corrected chi connectivity index (χ4v) is 3.62. The Morgan fingerprint density at radius 2 is 2.10 bits per heavy atom. The maximum absolute atomic E-state index is 12.2. The number of nitrogens with one attached hydrogen (secondary N) is 1. The lowest BCUT2D eigenvalue weighted by molar-refractivity contribution is -0.00475. The molecule has 20 heavy (non-hydrogen) atoms. The van der Waals surface area contributed by atoms with Gasteiger partial charge in [0.2, 0.25) is 10.0 Å². The van der Waals surface area contributed by atoms with Crippen LogP contribution in [-0.4, -0.2) is 32.3 Å². The maximum atomic E-state index is 12.2. The highest BCUT2D eigenvalue weighted by molar-refractivity contribution is 7.89. The van der Waals surface area contributed by atoms with Crippen molar-refractivity contribution < 1.29 is 18.3 Å². The number of aryl methyl sites for hydroxylation is 1. The maximum Gasteiger partial charge on any atom is 0.240 e. The minimum Gasteiger partial charge on any atom is -0.392 e. The molecule has 0 saturated heterocycles. The van der Waals surface area contributed by atoms with Gasteiger partial charge in [-0.25, -0.2) is 13.1 Å². The van der Waals surface area contributed by atoms with Crippen LogP contribution in [0.3, 0.4) is 0 Å². The Morgan fingerprint density at radius 3 is 2.70 bits per heavy atom. The monoisotopic (exact) mass is 299 g/mol. The Labute approximate surface area is 120 Å². The first-order valence-electron chi connectivity index (χ1n) is 6.80. The van der Waals surface area contributed by atoms with Crippen molar-refractivity contribution in [3.8, 4) is 0 Å². The van der Waals surface area contributed by atoms with Crippen molar-refractivity contribution in [2.24, 2.45) is 0 Å². The van der Waals surface area contributed by atoms with E-state index in [1.165, 1.54) is 6.07 Å². The Hall–Kier alpha value is -0.950. The van der Waals surface area contributed by atoms with Gasteiger partial charge in [-0.05, 0) is 49.9 Å². The third kappa shape index (κ3) is 3.38. The SMILES string of the molecule is CCOC1CC(NS(=O)(=O)c2ccc(C)c(CO)c2)C1. The van der Waals surface area contributed by atoms with Gasteiger partial charge in [-0.2, -0.15) is 0 Å². The molecule has 1 fully saturated rings. The van der Waals surface area contributed by atoms with Gasteiger partial charge in [0, 0.05) is 12.6 Å². The number of sulfonamides is 1. The Balaban J connectivity index is 2.04. The molecule has 2 rings (SSSR count). The molecular weight excluding hydrogens is 278 g/mol. The van der Waals surface area contributed by atoms with Crippen LogP contribution in [0.4, 0.5) is 0 Å². The number of rotatable bonds is 6. The second-order valence-corrected chi connectivity index (χ2v) is 6.83. The molecule has 1 saturated carbocycles. The zero-order valence-electron chi connectivity index (χ0n) is 11.8. The van der Waals surface area contributed by atoms with Crippen LogP contribution in [0, 0.1) is 6.92 Å². The van der Waals surface area contributed by atoms with E-state index in [-0.39, 0.29) is 23.6 Å². The van der Waals surface area contributed by atoms with Crippen molar-refractivity contribution in [3.05, 3.63) is 29.3 Å². The van der Waals surface area contributed by atoms with E-state index in [2.05, 4.69) is 4.72 Å². The second kappa shape index (κ2) is 6.22. The van der Waals surface area contributed by atoms with E-state index < -0.39 is 10.0 Å². The summed E-state index contributed by atoms with van der Waals surface area (Å²) in [5, 5.41) is 9.21. The third-order valence-corrected chi connectivity index (χ3v) is 5.14. The molecule has 0 spiro atoms. The average molecular weight is 299 g/mol. The van der Waals surface area contributed by atoms with Gasteiger partial charge in [0.15, 0.2) is 0 Å². The van der Waals surface area contributed by atoms with E-state index in [0.717, 1.165) is 5.56 Å². The van der Waals surface area contributed by atoms with Gasteiger partial charge < -0.3 is 9.84 Å². The largest absolute Gasteiger partial charge is 0.392 e. The summed E-state index contributed by atoms with van der Waals surface area (Å²) in [4.78, 5) is 0.201. The molecule has 0 heterocycles. The van der Waals surface area contributed by atoms with Gasteiger partial charge in [-0.15, -0.1) is 0 Å². The Morgan fingerprint density at radius 1 is 1.40 bits per heavy atom. The molecule has 1 aliphatic rings. The first kappa shape index (κ1) is 15.4. The summed E-state index contributed by atoms with van der Waals surface area (Å²) in [5.74, 6) is 0. The first-order chi connectivity index (χ1) is 9.46. The first-order valence-corrected chi connectivity index (χ1v) is 8.29. The van der Waals surface area contributed by atoms with Gasteiger partial charge in [0.25, 0.3) is 0 Å². The van der Waals surface area contributed by atoms with Crippen molar-refractivity contribution >= 4 is 10.0 Å². The molecule has 0 unspecified atom stereocenters. The fourth-order valence-electron chi connectivity index (χ4n) is 2.31. The molecule has 112 valence electrons. The quantitative estimate of drug-likeness (QED) is 0.831. The van der Waals surface area contributed by atoms with Gasteiger partial charge in [-0.1, -0.05) is 6.07 Å². The lowest BCUT2D eigenvalue weighted by atomic mass is 9.90. The molecule has 1 aliphatic carbocycles. The molecule has 0 atom stereocenters. The van der Waals surface area contributed by atoms with Crippen LogP contribution in [-0.2, 0) is 21.4 Å². The minimum absolute atomic E-state index is 0.0598.